The number of hydrogen-bond donors (Lipinski definition) is 3. The maximum absolute atomic E-state index is 12.4. The Kier molecular flexibility index (Phi) is 10.3. The van der Waals surface area contributed by atoms with Crippen LogP contribution in [0.15, 0.2) is 35.4 Å². The van der Waals surface area contributed by atoms with Crippen LogP contribution in [0.5, 0.6) is 11.5 Å². The van der Waals surface area contributed by atoms with E-state index in [1.165, 1.54) is 13.3 Å². The van der Waals surface area contributed by atoms with Crippen molar-refractivity contribution >= 4 is 52.2 Å². The molecule has 10 heteroatoms. The summed E-state index contributed by atoms with van der Waals surface area (Å²) in [7, 11) is 1.48. The third-order valence-corrected chi connectivity index (χ3v) is 5.48. The number of nitrogens with one attached hydrogen (secondary N) is 3. The standard InChI is InChI=1S/C24H29IN4O5/c1-6-16(4)27-23(31)24(32)29-26-12-17-10-19(25)22(20(11-17)33-5)34-13-21(30)28-18-8-14(2)7-15(3)9-18/h7-12,16H,6,13H2,1-5H3,(H,27,31)(H,28,30)(H,29,32)/b26-12-/t16-/m1/s1. The van der Waals surface area contributed by atoms with Gasteiger partial charge in [0.25, 0.3) is 5.91 Å². The summed E-state index contributed by atoms with van der Waals surface area (Å²) < 4.78 is 11.8. The molecule has 3 amide bonds. The molecule has 1 atom stereocenters. The third-order valence-electron chi connectivity index (χ3n) is 4.68. The predicted molar refractivity (Wildman–Crippen MR) is 139 cm³/mol. The van der Waals surface area contributed by atoms with Gasteiger partial charge in [0.1, 0.15) is 0 Å². The zero-order valence-corrected chi connectivity index (χ0v) is 22.0. The Labute approximate surface area is 212 Å². The van der Waals surface area contributed by atoms with Crippen molar-refractivity contribution in [3.8, 4) is 11.5 Å². The number of nitrogens with zero attached hydrogens (tertiary/aromatic N) is 1. The van der Waals surface area contributed by atoms with Crippen LogP contribution in [0, 0.1) is 17.4 Å². The quantitative estimate of drug-likeness (QED) is 0.182. The van der Waals surface area contributed by atoms with Crippen molar-refractivity contribution in [1.29, 1.82) is 0 Å². The molecular formula is C24H29IN4O5. The second-order valence-electron chi connectivity index (χ2n) is 7.73. The van der Waals surface area contributed by atoms with Gasteiger partial charge in [-0.3, -0.25) is 14.4 Å². The van der Waals surface area contributed by atoms with Gasteiger partial charge >= 0.3 is 11.8 Å². The van der Waals surface area contributed by atoms with E-state index >= 15 is 0 Å². The zero-order valence-electron chi connectivity index (χ0n) is 19.8. The number of methoxy groups -OCH3 is 1. The Hall–Kier alpha value is -3.15. The zero-order chi connectivity index (χ0) is 25.3. The first-order valence-corrected chi connectivity index (χ1v) is 11.7. The number of ether oxygens (including phenoxy) is 2. The van der Waals surface area contributed by atoms with Crippen LogP contribution in [-0.4, -0.2) is 43.7 Å². The number of rotatable bonds is 9. The number of halogens is 1. The highest BCUT2D eigenvalue weighted by Crippen LogP contribution is 2.33. The summed E-state index contributed by atoms with van der Waals surface area (Å²) in [4.78, 5) is 35.9. The van der Waals surface area contributed by atoms with Crippen LogP contribution in [0.25, 0.3) is 0 Å². The second-order valence-corrected chi connectivity index (χ2v) is 8.89. The van der Waals surface area contributed by atoms with Gasteiger partial charge in [0, 0.05) is 11.7 Å². The van der Waals surface area contributed by atoms with Gasteiger partial charge in [0.2, 0.25) is 0 Å². The predicted octanol–water partition coefficient (Wildman–Crippen LogP) is 3.30. The topological polar surface area (TPSA) is 118 Å². The summed E-state index contributed by atoms with van der Waals surface area (Å²) >= 11 is 2.06. The average molecular weight is 580 g/mol. The number of carbonyl (C=O) groups is 3. The van der Waals surface area contributed by atoms with Gasteiger partial charge in [-0.1, -0.05) is 13.0 Å². The Morgan fingerprint density at radius 3 is 2.38 bits per heavy atom. The van der Waals surface area contributed by atoms with Crippen LogP contribution in [0.4, 0.5) is 5.69 Å². The van der Waals surface area contributed by atoms with Gasteiger partial charge in [-0.25, -0.2) is 5.43 Å². The summed E-state index contributed by atoms with van der Waals surface area (Å²) in [5, 5.41) is 9.21. The molecule has 2 aromatic carbocycles. The van der Waals surface area contributed by atoms with Crippen LogP contribution in [0.3, 0.4) is 0 Å². The van der Waals surface area contributed by atoms with E-state index in [-0.39, 0.29) is 18.6 Å². The average Bonchev–Trinajstić information content (AvgIpc) is 2.76. The van der Waals surface area contributed by atoms with Crippen LogP contribution >= 0.6 is 22.6 Å². The van der Waals surface area contributed by atoms with Crippen molar-refractivity contribution in [3.63, 3.8) is 0 Å². The lowest BCUT2D eigenvalue weighted by atomic mass is 10.1. The first kappa shape index (κ1) is 27.1. The number of hydrazone groups is 1. The number of amides is 3. The number of hydrogen-bond acceptors (Lipinski definition) is 6. The van der Waals surface area contributed by atoms with E-state index in [1.807, 2.05) is 39.0 Å². The minimum absolute atomic E-state index is 0.108. The van der Waals surface area contributed by atoms with Crippen LogP contribution in [0.1, 0.15) is 37.0 Å². The summed E-state index contributed by atoms with van der Waals surface area (Å²) in [5.74, 6) is -1.09. The van der Waals surface area contributed by atoms with Gasteiger partial charge in [0.05, 0.1) is 16.9 Å². The van der Waals surface area contributed by atoms with E-state index in [1.54, 1.807) is 19.1 Å². The molecule has 0 aliphatic carbocycles. The lowest BCUT2D eigenvalue weighted by Gasteiger charge is -2.14. The molecule has 0 fully saturated rings. The largest absolute Gasteiger partial charge is 0.493 e. The summed E-state index contributed by atoms with van der Waals surface area (Å²) in [5.41, 5.74) is 5.61. The van der Waals surface area contributed by atoms with Crippen molar-refractivity contribution in [3.05, 3.63) is 50.6 Å². The first-order chi connectivity index (χ1) is 16.1. The first-order valence-electron chi connectivity index (χ1n) is 10.6. The van der Waals surface area contributed by atoms with Gasteiger partial charge < -0.3 is 20.1 Å². The number of benzene rings is 2. The molecule has 0 heterocycles. The van der Waals surface area contributed by atoms with Crippen molar-refractivity contribution in [1.82, 2.24) is 10.7 Å². The molecule has 0 unspecified atom stereocenters. The normalized spacial score (nSPS) is 11.6. The monoisotopic (exact) mass is 580 g/mol. The number of aryl methyl sites for hydroxylation is 2. The van der Waals surface area contributed by atoms with Gasteiger partial charge in [0.15, 0.2) is 18.1 Å². The summed E-state index contributed by atoms with van der Waals surface area (Å²) in [6.45, 7) is 7.43. The molecule has 9 nitrogen and oxygen atoms in total. The van der Waals surface area contributed by atoms with Gasteiger partial charge in [-0.05, 0) is 90.7 Å². The Balaban J connectivity index is 2.00. The minimum Gasteiger partial charge on any atom is -0.493 e. The second kappa shape index (κ2) is 12.9. The molecule has 2 rings (SSSR count). The number of anilines is 1. The summed E-state index contributed by atoms with van der Waals surface area (Å²) in [6, 6.07) is 9.08. The molecule has 182 valence electrons. The van der Waals surface area contributed by atoms with Crippen molar-refractivity contribution < 1.29 is 23.9 Å². The molecule has 0 aliphatic heterocycles. The molecule has 3 N–H and O–H groups in total. The van der Waals surface area contributed by atoms with Crippen LogP contribution < -0.4 is 25.5 Å². The van der Waals surface area contributed by atoms with E-state index in [9.17, 15) is 14.4 Å². The SMILES string of the molecule is CC[C@@H](C)NC(=O)C(=O)N/N=C\c1cc(I)c(OCC(=O)Nc2cc(C)cc(C)c2)c(OC)c1. The Morgan fingerprint density at radius 2 is 1.76 bits per heavy atom. The Bertz CT molecular complexity index is 1070. The van der Waals surface area contributed by atoms with Crippen molar-refractivity contribution in [2.24, 2.45) is 5.10 Å². The van der Waals surface area contributed by atoms with Gasteiger partial charge in [-0.15, -0.1) is 0 Å². The molecule has 0 saturated heterocycles. The van der Waals surface area contributed by atoms with Crippen molar-refractivity contribution in [2.75, 3.05) is 19.0 Å². The van der Waals surface area contributed by atoms with Gasteiger partial charge in [-0.2, -0.15) is 5.10 Å². The van der Waals surface area contributed by atoms with E-state index < -0.39 is 11.8 Å². The van der Waals surface area contributed by atoms with E-state index in [0.29, 0.717) is 32.7 Å². The lowest BCUT2D eigenvalue weighted by molar-refractivity contribution is -0.139. The molecule has 0 bridgehead atoms. The van der Waals surface area contributed by atoms with Crippen LogP contribution in [0.2, 0.25) is 0 Å². The molecule has 0 spiro atoms. The highest BCUT2D eigenvalue weighted by atomic mass is 127. The summed E-state index contributed by atoms with van der Waals surface area (Å²) in [6.07, 6.45) is 2.10. The van der Waals surface area contributed by atoms with E-state index in [2.05, 4.69) is 43.8 Å². The molecular weight excluding hydrogens is 551 g/mol. The lowest BCUT2D eigenvalue weighted by Crippen LogP contribution is -2.41. The highest BCUT2D eigenvalue weighted by molar-refractivity contribution is 14.1. The maximum Gasteiger partial charge on any atom is 0.329 e. The van der Waals surface area contributed by atoms with Crippen LogP contribution in [-0.2, 0) is 14.4 Å². The fraction of sp³-hybridized carbons (Fsp3) is 0.333. The third kappa shape index (κ3) is 8.32. The van der Waals surface area contributed by atoms with E-state index in [4.69, 9.17) is 9.47 Å². The molecule has 0 radical (unpaired) electrons. The maximum atomic E-state index is 12.4. The number of carbonyl (C=O) groups excluding carboxylic acids is 3. The van der Waals surface area contributed by atoms with Crippen molar-refractivity contribution in [2.45, 2.75) is 40.2 Å². The Morgan fingerprint density at radius 1 is 1.09 bits per heavy atom. The molecule has 0 aromatic heterocycles. The molecule has 34 heavy (non-hydrogen) atoms. The fourth-order valence-electron chi connectivity index (χ4n) is 2.94. The molecule has 2 aromatic rings. The fourth-order valence-corrected chi connectivity index (χ4v) is 3.72. The molecule has 0 saturated carbocycles. The smallest absolute Gasteiger partial charge is 0.329 e. The highest BCUT2D eigenvalue weighted by Gasteiger charge is 2.15. The van der Waals surface area contributed by atoms with E-state index in [0.717, 1.165) is 11.1 Å². The molecule has 0 aliphatic rings. The minimum atomic E-state index is -0.854.